The second-order valence-electron chi connectivity index (χ2n) is 3.28. The minimum atomic E-state index is 0.797. The summed E-state index contributed by atoms with van der Waals surface area (Å²) in [6.07, 6.45) is 7.69. The molecule has 0 radical (unpaired) electrons. The van der Waals surface area contributed by atoms with E-state index in [9.17, 15) is 0 Å². The van der Waals surface area contributed by atoms with Crippen molar-refractivity contribution in [2.24, 2.45) is 5.92 Å². The quantitative estimate of drug-likeness (QED) is 0.668. The van der Waals surface area contributed by atoms with Crippen molar-refractivity contribution in [2.45, 2.75) is 52.5 Å². The van der Waals surface area contributed by atoms with Crippen molar-refractivity contribution in [1.29, 1.82) is 0 Å². The molecule has 0 amide bonds. The zero-order chi connectivity index (χ0) is 9.40. The summed E-state index contributed by atoms with van der Waals surface area (Å²) in [6.45, 7) is 6.36. The zero-order valence-electron chi connectivity index (χ0n) is 8.89. The average Bonchev–Trinajstić information content (AvgIpc) is 2.13. The van der Waals surface area contributed by atoms with E-state index < -0.39 is 0 Å². The number of rotatable bonds is 2. The van der Waals surface area contributed by atoms with Crippen molar-refractivity contribution >= 4 is 11.9 Å². The molecule has 1 aliphatic carbocycles. The van der Waals surface area contributed by atoms with Crippen LogP contribution >= 0.6 is 11.9 Å². The Balaban J connectivity index is 0.000000561. The van der Waals surface area contributed by atoms with E-state index in [0.717, 1.165) is 12.0 Å². The summed E-state index contributed by atoms with van der Waals surface area (Å²) in [7, 11) is 0. The minimum absolute atomic E-state index is 0.797. The topological polar surface area (TPSA) is 12.0 Å². The highest BCUT2D eigenvalue weighted by atomic mass is 32.2. The maximum absolute atomic E-state index is 3.42. The molecular weight excluding hydrogens is 166 g/mol. The lowest BCUT2D eigenvalue weighted by molar-refractivity contribution is 0.337. The summed E-state index contributed by atoms with van der Waals surface area (Å²) in [6, 6.07) is 0.797. The number of hydrogen-bond donors (Lipinski definition) is 1. The molecule has 1 saturated carbocycles. The Morgan fingerprint density at radius 1 is 1.08 bits per heavy atom. The van der Waals surface area contributed by atoms with Gasteiger partial charge in [-0.25, -0.2) is 0 Å². The van der Waals surface area contributed by atoms with Gasteiger partial charge in [-0.3, -0.25) is 4.72 Å². The molecule has 0 atom stereocenters. The minimum Gasteiger partial charge on any atom is -0.261 e. The first kappa shape index (κ1) is 12.3. The monoisotopic (exact) mass is 189 g/mol. The molecule has 0 aromatic carbocycles. The first-order valence-corrected chi connectivity index (χ1v) is 6.34. The van der Waals surface area contributed by atoms with Crippen LogP contribution in [0.25, 0.3) is 0 Å². The van der Waals surface area contributed by atoms with E-state index in [0.29, 0.717) is 0 Å². The van der Waals surface area contributed by atoms with Gasteiger partial charge in [0.1, 0.15) is 0 Å². The van der Waals surface area contributed by atoms with Crippen molar-refractivity contribution in [3.05, 3.63) is 0 Å². The molecule has 1 rings (SSSR count). The molecule has 0 saturated heterocycles. The molecule has 74 valence electrons. The summed E-state index contributed by atoms with van der Waals surface area (Å²) in [5, 5.41) is 0. The van der Waals surface area contributed by atoms with E-state index in [-0.39, 0.29) is 0 Å². The van der Waals surface area contributed by atoms with Crippen LogP contribution in [0.4, 0.5) is 0 Å². The SMILES string of the molecule is CC.CSNC1CCC(C)CC1. The predicted molar refractivity (Wildman–Crippen MR) is 59.4 cm³/mol. The van der Waals surface area contributed by atoms with Crippen molar-refractivity contribution in [1.82, 2.24) is 4.72 Å². The molecule has 1 fully saturated rings. The highest BCUT2D eigenvalue weighted by molar-refractivity contribution is 7.96. The van der Waals surface area contributed by atoms with Crippen molar-refractivity contribution in [3.63, 3.8) is 0 Å². The van der Waals surface area contributed by atoms with E-state index >= 15 is 0 Å². The largest absolute Gasteiger partial charge is 0.261 e. The molecular formula is C10H23NS. The Morgan fingerprint density at radius 2 is 1.58 bits per heavy atom. The third kappa shape index (κ3) is 5.04. The van der Waals surface area contributed by atoms with E-state index in [1.165, 1.54) is 25.7 Å². The highest BCUT2D eigenvalue weighted by Crippen LogP contribution is 2.23. The van der Waals surface area contributed by atoms with Gasteiger partial charge in [-0.1, -0.05) is 32.7 Å². The van der Waals surface area contributed by atoms with Crippen LogP contribution in [-0.4, -0.2) is 12.3 Å². The lowest BCUT2D eigenvalue weighted by atomic mass is 9.88. The lowest BCUT2D eigenvalue weighted by Crippen LogP contribution is -2.27. The van der Waals surface area contributed by atoms with Crippen LogP contribution in [-0.2, 0) is 0 Å². The predicted octanol–water partition coefficient (Wildman–Crippen LogP) is 3.46. The molecule has 0 aromatic rings. The maximum atomic E-state index is 3.42. The van der Waals surface area contributed by atoms with Gasteiger partial charge in [0.25, 0.3) is 0 Å². The van der Waals surface area contributed by atoms with Crippen LogP contribution in [0.1, 0.15) is 46.5 Å². The van der Waals surface area contributed by atoms with Gasteiger partial charge in [-0.15, -0.1) is 0 Å². The molecule has 1 N–H and O–H groups in total. The summed E-state index contributed by atoms with van der Waals surface area (Å²) in [5.41, 5.74) is 0. The Kier molecular flexibility index (Phi) is 8.14. The smallest absolute Gasteiger partial charge is 0.0172 e. The Hall–Kier alpha value is 0.310. The molecule has 1 aliphatic rings. The van der Waals surface area contributed by atoms with Crippen LogP contribution in [0.15, 0.2) is 0 Å². The van der Waals surface area contributed by atoms with E-state index in [2.05, 4.69) is 17.9 Å². The first-order valence-electron chi connectivity index (χ1n) is 5.11. The summed E-state index contributed by atoms with van der Waals surface area (Å²) in [5.74, 6) is 0.972. The van der Waals surface area contributed by atoms with Crippen LogP contribution < -0.4 is 4.72 Å². The van der Waals surface area contributed by atoms with Crippen LogP contribution in [0, 0.1) is 5.92 Å². The summed E-state index contributed by atoms with van der Waals surface area (Å²) < 4.78 is 3.42. The van der Waals surface area contributed by atoms with E-state index in [1.807, 2.05) is 13.8 Å². The molecule has 2 heteroatoms. The second kappa shape index (κ2) is 7.93. The van der Waals surface area contributed by atoms with Gasteiger partial charge in [0.05, 0.1) is 0 Å². The number of nitrogens with one attached hydrogen (secondary N) is 1. The Bertz CT molecular complexity index is 87.8. The lowest BCUT2D eigenvalue weighted by Gasteiger charge is -2.25. The van der Waals surface area contributed by atoms with Crippen LogP contribution in [0.2, 0.25) is 0 Å². The van der Waals surface area contributed by atoms with Crippen molar-refractivity contribution in [3.8, 4) is 0 Å². The fraction of sp³-hybridized carbons (Fsp3) is 1.00. The third-order valence-electron chi connectivity index (χ3n) is 2.30. The number of hydrogen-bond acceptors (Lipinski definition) is 2. The maximum Gasteiger partial charge on any atom is 0.0172 e. The summed E-state index contributed by atoms with van der Waals surface area (Å²) >= 11 is 1.76. The molecule has 0 spiro atoms. The average molecular weight is 189 g/mol. The van der Waals surface area contributed by atoms with Gasteiger partial charge in [0, 0.05) is 6.04 Å². The highest BCUT2D eigenvalue weighted by Gasteiger charge is 2.16. The standard InChI is InChI=1S/C8H17NS.C2H6/c1-7-3-5-8(6-4-7)9-10-2;1-2/h7-9H,3-6H2,1-2H3;1-2H3. The van der Waals surface area contributed by atoms with Gasteiger partial charge in [0.2, 0.25) is 0 Å². The third-order valence-corrected chi connectivity index (χ3v) is 2.87. The molecule has 0 unspecified atom stereocenters. The van der Waals surface area contributed by atoms with Gasteiger partial charge in [-0.05, 0) is 37.9 Å². The molecule has 12 heavy (non-hydrogen) atoms. The van der Waals surface area contributed by atoms with Gasteiger partial charge >= 0.3 is 0 Å². The molecule has 0 bridgehead atoms. The zero-order valence-corrected chi connectivity index (χ0v) is 9.71. The van der Waals surface area contributed by atoms with Crippen LogP contribution in [0.5, 0.6) is 0 Å². The normalized spacial score (nSPS) is 29.0. The fourth-order valence-corrected chi connectivity index (χ4v) is 2.11. The van der Waals surface area contributed by atoms with E-state index in [1.54, 1.807) is 11.9 Å². The first-order chi connectivity index (χ1) is 5.83. The van der Waals surface area contributed by atoms with Gasteiger partial charge < -0.3 is 0 Å². The Morgan fingerprint density at radius 3 is 2.00 bits per heavy atom. The molecule has 0 aliphatic heterocycles. The molecule has 1 nitrogen and oxygen atoms in total. The summed E-state index contributed by atoms with van der Waals surface area (Å²) in [4.78, 5) is 0. The van der Waals surface area contributed by atoms with Crippen molar-refractivity contribution < 1.29 is 0 Å². The van der Waals surface area contributed by atoms with Gasteiger partial charge in [-0.2, -0.15) is 0 Å². The van der Waals surface area contributed by atoms with Crippen LogP contribution in [0.3, 0.4) is 0 Å². The fourth-order valence-electron chi connectivity index (χ4n) is 1.54. The molecule has 0 heterocycles. The second-order valence-corrected chi connectivity index (χ2v) is 3.92. The van der Waals surface area contributed by atoms with E-state index in [4.69, 9.17) is 0 Å². The molecule has 0 aromatic heterocycles. The van der Waals surface area contributed by atoms with Crippen molar-refractivity contribution in [2.75, 3.05) is 6.26 Å². The Labute approximate surface area is 81.8 Å². The van der Waals surface area contributed by atoms with Gasteiger partial charge in [0.15, 0.2) is 0 Å².